The van der Waals surface area contributed by atoms with Crippen molar-refractivity contribution in [3.8, 4) is 44.3 Å². The first kappa shape index (κ1) is 25.8. The second-order valence-corrected chi connectivity index (χ2v) is 12.5. The van der Waals surface area contributed by atoms with Gasteiger partial charge in [0.25, 0.3) is 0 Å². The Bertz CT molecular complexity index is 2510. The number of thiophene rings is 1. The van der Waals surface area contributed by atoms with Crippen molar-refractivity contribution in [2.45, 2.75) is 0 Å². The first-order valence-electron chi connectivity index (χ1n) is 15.2. The van der Waals surface area contributed by atoms with Gasteiger partial charge >= 0.3 is 0 Å². The quantitative estimate of drug-likeness (QED) is 0.150. The molecule has 9 rings (SSSR count). The number of aromatic nitrogens is 2. The van der Waals surface area contributed by atoms with E-state index < -0.39 is 0 Å². The average Bonchev–Trinajstić information content (AvgIpc) is 3.55. The molecule has 0 saturated heterocycles. The number of nitrogens with zero attached hydrogens (tertiary/aromatic N) is 2. The molecule has 0 N–H and O–H groups in total. The zero-order valence-corrected chi connectivity index (χ0v) is 25.1. The van der Waals surface area contributed by atoms with Gasteiger partial charge in [0.15, 0.2) is 5.82 Å². The Balaban J connectivity index is 1.31. The number of benzene rings is 7. The first-order valence-corrected chi connectivity index (χ1v) is 16.0. The summed E-state index contributed by atoms with van der Waals surface area (Å²) in [5, 5.41) is 8.43. The molecule has 0 amide bonds. The highest BCUT2D eigenvalue weighted by Crippen LogP contribution is 2.40. The highest BCUT2D eigenvalue weighted by Gasteiger charge is 2.17. The summed E-state index contributed by atoms with van der Waals surface area (Å²) in [6, 6.07) is 56.1. The molecule has 210 valence electrons. The van der Waals surface area contributed by atoms with Gasteiger partial charge < -0.3 is 0 Å². The third kappa shape index (κ3) is 4.48. The summed E-state index contributed by atoms with van der Waals surface area (Å²) in [5.41, 5.74) is 6.21. The topological polar surface area (TPSA) is 25.8 Å². The van der Waals surface area contributed by atoms with E-state index in [0.29, 0.717) is 0 Å². The molecule has 9 aromatic rings. The van der Waals surface area contributed by atoms with Gasteiger partial charge in [0.05, 0.1) is 11.4 Å². The Morgan fingerprint density at radius 2 is 1.04 bits per heavy atom. The summed E-state index contributed by atoms with van der Waals surface area (Å²) >= 11 is 1.83. The third-order valence-electron chi connectivity index (χ3n) is 8.66. The molecule has 2 nitrogen and oxygen atoms in total. The molecule has 0 fully saturated rings. The Labute approximate surface area is 264 Å². The first-order chi connectivity index (χ1) is 22.3. The van der Waals surface area contributed by atoms with Crippen LogP contribution in [0, 0.1) is 0 Å². The standard InChI is InChI=1S/C42H26N2S/c1-2-12-28(13-3-1)37-26-38(30-16-10-17-31(23-30)40-25-32-15-6-9-20-39(32)45-40)44-42(43-37)41-34-19-8-5-14-29(34)24-36-33-18-7-4-11-27(33)21-22-35(36)41/h1-26H. The smallest absolute Gasteiger partial charge is 0.161 e. The van der Waals surface area contributed by atoms with Crippen LogP contribution in [0.1, 0.15) is 0 Å². The van der Waals surface area contributed by atoms with Crippen molar-refractivity contribution < 1.29 is 0 Å². The van der Waals surface area contributed by atoms with E-state index >= 15 is 0 Å². The lowest BCUT2D eigenvalue weighted by molar-refractivity contribution is 1.19. The molecule has 2 aromatic heterocycles. The fourth-order valence-corrected chi connectivity index (χ4v) is 7.54. The molecule has 0 unspecified atom stereocenters. The van der Waals surface area contributed by atoms with Gasteiger partial charge in [0.1, 0.15) is 0 Å². The van der Waals surface area contributed by atoms with Crippen LogP contribution in [0.15, 0.2) is 158 Å². The zero-order chi connectivity index (χ0) is 29.7. The molecule has 0 aliphatic heterocycles. The molecule has 0 spiro atoms. The minimum atomic E-state index is 0.732. The van der Waals surface area contributed by atoms with E-state index in [1.807, 2.05) is 17.4 Å². The summed E-state index contributed by atoms with van der Waals surface area (Å²) in [5.74, 6) is 0.732. The summed E-state index contributed by atoms with van der Waals surface area (Å²) < 4.78 is 1.30. The molecule has 0 radical (unpaired) electrons. The van der Waals surface area contributed by atoms with E-state index in [1.165, 1.54) is 42.1 Å². The van der Waals surface area contributed by atoms with Gasteiger partial charge in [0.2, 0.25) is 0 Å². The van der Waals surface area contributed by atoms with Gasteiger partial charge in [-0.15, -0.1) is 11.3 Å². The molecule has 0 bridgehead atoms. The number of hydrogen-bond acceptors (Lipinski definition) is 3. The predicted molar refractivity (Wildman–Crippen MR) is 192 cm³/mol. The molecular formula is C42H26N2S. The van der Waals surface area contributed by atoms with Crippen LogP contribution in [0.2, 0.25) is 0 Å². The predicted octanol–water partition coefficient (Wildman–Crippen LogP) is 11.8. The van der Waals surface area contributed by atoms with Crippen LogP contribution in [0.25, 0.3) is 86.7 Å². The second-order valence-electron chi connectivity index (χ2n) is 11.4. The average molecular weight is 591 g/mol. The Morgan fingerprint density at radius 1 is 0.378 bits per heavy atom. The highest BCUT2D eigenvalue weighted by atomic mass is 32.1. The molecule has 0 aliphatic rings. The fourth-order valence-electron chi connectivity index (χ4n) is 6.48. The van der Waals surface area contributed by atoms with Crippen LogP contribution in [0.3, 0.4) is 0 Å². The third-order valence-corrected chi connectivity index (χ3v) is 9.82. The minimum Gasteiger partial charge on any atom is -0.228 e. The van der Waals surface area contributed by atoms with Crippen molar-refractivity contribution in [2.24, 2.45) is 0 Å². The fraction of sp³-hybridized carbons (Fsp3) is 0. The van der Waals surface area contributed by atoms with E-state index in [0.717, 1.165) is 44.7 Å². The molecule has 2 heterocycles. The van der Waals surface area contributed by atoms with Crippen LogP contribution in [0.5, 0.6) is 0 Å². The van der Waals surface area contributed by atoms with Crippen LogP contribution in [-0.4, -0.2) is 9.97 Å². The van der Waals surface area contributed by atoms with Crippen LogP contribution in [0.4, 0.5) is 0 Å². The molecule has 3 heteroatoms. The summed E-state index contributed by atoms with van der Waals surface area (Å²) in [6.45, 7) is 0. The molecular weight excluding hydrogens is 565 g/mol. The van der Waals surface area contributed by atoms with Crippen molar-refractivity contribution in [3.63, 3.8) is 0 Å². The SMILES string of the molecule is c1ccc(-c2cc(-c3cccc(-c4cc5ccccc5s4)c3)nc(-c3c4ccccc4cc4c3ccc3ccccc34)n2)cc1. The maximum atomic E-state index is 5.35. The van der Waals surface area contributed by atoms with Gasteiger partial charge in [-0.2, -0.15) is 0 Å². The molecule has 45 heavy (non-hydrogen) atoms. The van der Waals surface area contributed by atoms with E-state index in [1.54, 1.807) is 0 Å². The highest BCUT2D eigenvalue weighted by molar-refractivity contribution is 7.22. The van der Waals surface area contributed by atoms with E-state index in [4.69, 9.17) is 9.97 Å². The monoisotopic (exact) mass is 590 g/mol. The van der Waals surface area contributed by atoms with Gasteiger partial charge in [-0.05, 0) is 73.6 Å². The van der Waals surface area contributed by atoms with Gasteiger partial charge in [-0.25, -0.2) is 9.97 Å². The Morgan fingerprint density at radius 3 is 1.89 bits per heavy atom. The second kappa shape index (κ2) is 10.5. The van der Waals surface area contributed by atoms with Crippen molar-refractivity contribution in [2.75, 3.05) is 0 Å². The van der Waals surface area contributed by atoms with Gasteiger partial charge in [-0.3, -0.25) is 0 Å². The van der Waals surface area contributed by atoms with Crippen molar-refractivity contribution >= 4 is 53.7 Å². The number of hydrogen-bond donors (Lipinski definition) is 0. The van der Waals surface area contributed by atoms with Gasteiger partial charge in [0, 0.05) is 26.3 Å². The molecule has 0 aliphatic carbocycles. The summed E-state index contributed by atoms with van der Waals surface area (Å²) in [4.78, 5) is 11.9. The maximum Gasteiger partial charge on any atom is 0.161 e. The number of rotatable bonds is 4. The van der Waals surface area contributed by atoms with Crippen molar-refractivity contribution in [3.05, 3.63) is 158 Å². The number of fused-ring (bicyclic) bond motifs is 5. The van der Waals surface area contributed by atoms with Crippen LogP contribution in [-0.2, 0) is 0 Å². The van der Waals surface area contributed by atoms with Crippen molar-refractivity contribution in [1.29, 1.82) is 0 Å². The Hall–Kier alpha value is -5.64. The molecule has 7 aromatic carbocycles. The Kier molecular flexibility index (Phi) is 6.03. The molecule has 0 saturated carbocycles. The lowest BCUT2D eigenvalue weighted by atomic mass is 9.92. The van der Waals surface area contributed by atoms with Gasteiger partial charge in [-0.1, -0.05) is 127 Å². The minimum absolute atomic E-state index is 0.732. The summed E-state index contributed by atoms with van der Waals surface area (Å²) in [6.07, 6.45) is 0. The van der Waals surface area contributed by atoms with E-state index in [9.17, 15) is 0 Å². The van der Waals surface area contributed by atoms with E-state index in [2.05, 4.69) is 152 Å². The van der Waals surface area contributed by atoms with Crippen LogP contribution >= 0.6 is 11.3 Å². The lowest BCUT2D eigenvalue weighted by Gasteiger charge is -2.15. The van der Waals surface area contributed by atoms with E-state index in [-0.39, 0.29) is 0 Å². The molecule has 0 atom stereocenters. The lowest BCUT2D eigenvalue weighted by Crippen LogP contribution is -1.98. The van der Waals surface area contributed by atoms with Crippen LogP contribution < -0.4 is 0 Å². The summed E-state index contributed by atoms with van der Waals surface area (Å²) in [7, 11) is 0. The normalized spacial score (nSPS) is 11.6. The van der Waals surface area contributed by atoms with Crippen molar-refractivity contribution in [1.82, 2.24) is 9.97 Å². The maximum absolute atomic E-state index is 5.35. The zero-order valence-electron chi connectivity index (χ0n) is 24.3. The largest absolute Gasteiger partial charge is 0.228 e.